The number of thioether (sulfide) groups is 1. The van der Waals surface area contributed by atoms with E-state index in [1.807, 2.05) is 13.8 Å². The van der Waals surface area contributed by atoms with Crippen LogP contribution in [0.3, 0.4) is 0 Å². The van der Waals surface area contributed by atoms with Crippen LogP contribution in [0.4, 0.5) is 8.78 Å². The maximum atomic E-state index is 12.9. The fourth-order valence-electron chi connectivity index (χ4n) is 1.08. The van der Waals surface area contributed by atoms with Crippen LogP contribution in [-0.4, -0.2) is 5.25 Å². The van der Waals surface area contributed by atoms with E-state index in [4.69, 9.17) is 5.26 Å². The summed E-state index contributed by atoms with van der Waals surface area (Å²) < 4.78 is 25.8. The van der Waals surface area contributed by atoms with Crippen LogP contribution in [0, 0.1) is 11.3 Å². The molecule has 1 nitrogen and oxygen atoms in total. The zero-order valence-corrected chi connectivity index (χ0v) is 9.31. The molecule has 0 aliphatic heterocycles. The predicted octanol–water partition coefficient (Wildman–Crippen LogP) is 3.80. The first-order valence-electron chi connectivity index (χ1n) is 4.52. The lowest BCUT2D eigenvalue weighted by Gasteiger charge is -2.09. The third-order valence-electron chi connectivity index (χ3n) is 1.73. The first-order chi connectivity index (χ1) is 6.95. The van der Waals surface area contributed by atoms with Crippen LogP contribution >= 0.6 is 11.8 Å². The van der Waals surface area contributed by atoms with E-state index in [0.717, 1.165) is 11.0 Å². The largest absolute Gasteiger partial charge is 0.357 e. The number of hydrogen-bond acceptors (Lipinski definition) is 2. The van der Waals surface area contributed by atoms with Crippen molar-refractivity contribution in [3.8, 4) is 6.07 Å². The highest BCUT2D eigenvalue weighted by molar-refractivity contribution is 7.99. The number of halogens is 2. The van der Waals surface area contributed by atoms with Crippen molar-refractivity contribution < 1.29 is 8.78 Å². The summed E-state index contributed by atoms with van der Waals surface area (Å²) in [6.45, 7) is 4.06. The predicted molar refractivity (Wildman–Crippen MR) is 56.9 cm³/mol. The first kappa shape index (κ1) is 12.0. The van der Waals surface area contributed by atoms with Gasteiger partial charge in [-0.15, -0.1) is 11.8 Å². The Bertz CT molecular complexity index is 365. The van der Waals surface area contributed by atoms with E-state index < -0.39 is 5.92 Å². The molecule has 1 rings (SSSR count). The van der Waals surface area contributed by atoms with Gasteiger partial charge in [-0.25, -0.2) is 0 Å². The Morgan fingerprint density at radius 2 is 1.80 bits per heavy atom. The molecule has 0 amide bonds. The molecule has 0 bridgehead atoms. The molecule has 15 heavy (non-hydrogen) atoms. The molecule has 0 atom stereocenters. The number of alkyl halides is 2. The average Bonchev–Trinajstić information content (AvgIpc) is 2.18. The van der Waals surface area contributed by atoms with Gasteiger partial charge in [-0.2, -0.15) is 14.0 Å². The lowest BCUT2D eigenvalue weighted by Crippen LogP contribution is -2.09. The van der Waals surface area contributed by atoms with Crippen LogP contribution in [0.15, 0.2) is 29.2 Å². The second-order valence-electron chi connectivity index (χ2n) is 3.38. The summed E-state index contributed by atoms with van der Waals surface area (Å²) in [5.74, 6) is -3.39. The Kier molecular flexibility index (Phi) is 3.70. The molecular weight excluding hydrogens is 216 g/mol. The minimum Gasteiger partial charge on any atom is -0.191 e. The van der Waals surface area contributed by atoms with Crippen molar-refractivity contribution in [1.82, 2.24) is 0 Å². The van der Waals surface area contributed by atoms with Gasteiger partial charge in [0.1, 0.15) is 6.07 Å². The first-order valence-corrected chi connectivity index (χ1v) is 5.40. The summed E-state index contributed by atoms with van der Waals surface area (Å²) in [7, 11) is 0. The second kappa shape index (κ2) is 4.63. The third kappa shape index (κ3) is 3.21. The molecule has 0 heterocycles. The van der Waals surface area contributed by atoms with Gasteiger partial charge in [0.05, 0.1) is 0 Å². The molecule has 0 aromatic heterocycles. The van der Waals surface area contributed by atoms with Crippen molar-refractivity contribution in [2.24, 2.45) is 0 Å². The molecule has 0 aliphatic rings. The topological polar surface area (TPSA) is 23.8 Å². The van der Waals surface area contributed by atoms with Gasteiger partial charge in [0.2, 0.25) is 0 Å². The molecule has 0 radical (unpaired) electrons. The van der Waals surface area contributed by atoms with Gasteiger partial charge in [-0.3, -0.25) is 0 Å². The molecule has 0 saturated carbocycles. The highest BCUT2D eigenvalue weighted by Gasteiger charge is 2.30. The Labute approximate surface area is 92.1 Å². The quantitative estimate of drug-likeness (QED) is 0.733. The number of nitriles is 1. The molecule has 80 valence electrons. The number of nitrogens with zero attached hydrogens (tertiary/aromatic N) is 1. The Balaban J connectivity index is 2.87. The van der Waals surface area contributed by atoms with E-state index in [9.17, 15) is 8.78 Å². The minimum atomic E-state index is -3.39. The van der Waals surface area contributed by atoms with Crippen molar-refractivity contribution in [2.45, 2.75) is 29.9 Å². The van der Waals surface area contributed by atoms with Crippen molar-refractivity contribution >= 4 is 11.8 Å². The highest BCUT2D eigenvalue weighted by Crippen LogP contribution is 2.29. The minimum absolute atomic E-state index is 0.252. The van der Waals surface area contributed by atoms with Crippen molar-refractivity contribution in [3.63, 3.8) is 0 Å². The van der Waals surface area contributed by atoms with Gasteiger partial charge in [0, 0.05) is 15.7 Å². The van der Waals surface area contributed by atoms with Crippen LogP contribution in [-0.2, 0) is 5.92 Å². The van der Waals surface area contributed by atoms with Crippen LogP contribution < -0.4 is 0 Å². The van der Waals surface area contributed by atoms with Crippen LogP contribution in [0.5, 0.6) is 0 Å². The molecule has 1 aromatic carbocycles. The molecule has 0 N–H and O–H groups in total. The molecule has 0 unspecified atom stereocenters. The van der Waals surface area contributed by atoms with Crippen LogP contribution in [0.25, 0.3) is 0 Å². The van der Waals surface area contributed by atoms with Gasteiger partial charge in [0.15, 0.2) is 0 Å². The second-order valence-corrected chi connectivity index (χ2v) is 5.03. The summed E-state index contributed by atoms with van der Waals surface area (Å²) in [5.41, 5.74) is -0.252. The van der Waals surface area contributed by atoms with Gasteiger partial charge >= 0.3 is 5.92 Å². The Morgan fingerprint density at radius 1 is 1.27 bits per heavy atom. The van der Waals surface area contributed by atoms with Crippen molar-refractivity contribution in [1.29, 1.82) is 5.26 Å². The zero-order chi connectivity index (χ0) is 11.5. The summed E-state index contributed by atoms with van der Waals surface area (Å²) in [5, 5.41) is 8.67. The Hall–Kier alpha value is -1.08. The van der Waals surface area contributed by atoms with Gasteiger partial charge in [0.25, 0.3) is 0 Å². The summed E-state index contributed by atoms with van der Waals surface area (Å²) in [6, 6.07) is 6.81. The van der Waals surface area contributed by atoms with E-state index >= 15 is 0 Å². The van der Waals surface area contributed by atoms with Gasteiger partial charge in [-0.1, -0.05) is 26.0 Å². The molecule has 1 aromatic rings. The standard InChI is InChI=1S/C11H11F2NS/c1-8(2)15-10-5-3-9(4-6-10)11(12,13)7-14/h3-6,8H,1-2H3. The van der Waals surface area contributed by atoms with E-state index in [2.05, 4.69) is 0 Å². The fraction of sp³-hybridized carbons (Fsp3) is 0.364. The summed E-state index contributed by atoms with van der Waals surface area (Å²) >= 11 is 1.60. The lowest BCUT2D eigenvalue weighted by atomic mass is 10.1. The monoisotopic (exact) mass is 227 g/mol. The van der Waals surface area contributed by atoms with E-state index in [0.29, 0.717) is 5.25 Å². The fourth-order valence-corrected chi connectivity index (χ4v) is 1.92. The molecule has 4 heteroatoms. The van der Waals surface area contributed by atoms with Crippen LogP contribution in [0.1, 0.15) is 19.4 Å². The Morgan fingerprint density at radius 3 is 2.20 bits per heavy atom. The lowest BCUT2D eigenvalue weighted by molar-refractivity contribution is 0.0612. The summed E-state index contributed by atoms with van der Waals surface area (Å²) in [4.78, 5) is 0.933. The van der Waals surface area contributed by atoms with Gasteiger partial charge < -0.3 is 0 Å². The number of benzene rings is 1. The average molecular weight is 227 g/mol. The molecule has 0 fully saturated rings. The maximum absolute atomic E-state index is 12.9. The van der Waals surface area contributed by atoms with Crippen molar-refractivity contribution in [3.05, 3.63) is 29.8 Å². The van der Waals surface area contributed by atoms with Gasteiger partial charge in [-0.05, 0) is 12.1 Å². The summed E-state index contributed by atoms with van der Waals surface area (Å²) in [6.07, 6.45) is 0. The maximum Gasteiger partial charge on any atom is 0.357 e. The highest BCUT2D eigenvalue weighted by atomic mass is 32.2. The van der Waals surface area contributed by atoms with E-state index in [1.54, 1.807) is 23.9 Å². The smallest absolute Gasteiger partial charge is 0.191 e. The molecular formula is C11H11F2NS. The van der Waals surface area contributed by atoms with E-state index in [-0.39, 0.29) is 5.56 Å². The number of hydrogen-bond donors (Lipinski definition) is 0. The SMILES string of the molecule is CC(C)Sc1ccc(C(F)(F)C#N)cc1. The molecule has 0 saturated heterocycles. The van der Waals surface area contributed by atoms with Crippen LogP contribution in [0.2, 0.25) is 0 Å². The van der Waals surface area contributed by atoms with E-state index in [1.165, 1.54) is 12.1 Å². The normalized spacial score (nSPS) is 11.5. The third-order valence-corrected chi connectivity index (χ3v) is 2.74. The number of rotatable bonds is 3. The molecule has 0 aliphatic carbocycles. The zero-order valence-electron chi connectivity index (χ0n) is 8.50. The van der Waals surface area contributed by atoms with Crippen molar-refractivity contribution in [2.75, 3.05) is 0 Å². The molecule has 0 spiro atoms.